The zero-order valence-electron chi connectivity index (χ0n) is 7.44. The van der Waals surface area contributed by atoms with Gasteiger partial charge >= 0.3 is 51.4 Å². The fourth-order valence-electron chi connectivity index (χ4n) is 0.886. The molecule has 0 aliphatic rings. The zero-order chi connectivity index (χ0) is 9.35. The number of hydrogen-bond acceptors (Lipinski definition) is 4. The van der Waals surface area contributed by atoms with Crippen LogP contribution in [0.1, 0.15) is 5.56 Å². The van der Waals surface area contributed by atoms with Gasteiger partial charge in [0.25, 0.3) is 0 Å². The van der Waals surface area contributed by atoms with Crippen molar-refractivity contribution in [3.8, 4) is 0 Å². The Bertz CT molecular complexity index is 402. The fourth-order valence-corrected chi connectivity index (χ4v) is 1.63. The summed E-state index contributed by atoms with van der Waals surface area (Å²) in [5, 5.41) is 0. The van der Waals surface area contributed by atoms with Crippen molar-refractivity contribution >= 4 is 15.8 Å². The smallest absolute Gasteiger partial charge is 0.744 e. The first-order chi connectivity index (χ1) is 5.41. The van der Waals surface area contributed by atoms with E-state index in [0.717, 1.165) is 6.07 Å². The van der Waals surface area contributed by atoms with Gasteiger partial charge < -0.3 is 10.3 Å². The first-order valence-corrected chi connectivity index (χ1v) is 4.64. The van der Waals surface area contributed by atoms with Gasteiger partial charge in [-0.05, 0) is 24.6 Å². The van der Waals surface area contributed by atoms with E-state index in [2.05, 4.69) is 0 Å². The van der Waals surface area contributed by atoms with E-state index in [1.807, 2.05) is 0 Å². The molecule has 0 amide bonds. The molecule has 0 bridgehead atoms. The summed E-state index contributed by atoms with van der Waals surface area (Å²) in [4.78, 5) is -0.248. The van der Waals surface area contributed by atoms with Crippen molar-refractivity contribution in [3.63, 3.8) is 0 Å². The van der Waals surface area contributed by atoms with Crippen LogP contribution in [0.25, 0.3) is 0 Å². The average Bonchev–Trinajstić information content (AvgIpc) is 1.92. The van der Waals surface area contributed by atoms with E-state index in [-0.39, 0.29) is 62.0 Å². The van der Waals surface area contributed by atoms with Crippen LogP contribution in [0.2, 0.25) is 0 Å². The summed E-state index contributed by atoms with van der Waals surface area (Å²) in [7, 11) is -4.39. The van der Waals surface area contributed by atoms with Gasteiger partial charge in [-0.1, -0.05) is 6.07 Å². The van der Waals surface area contributed by atoms with Crippen molar-refractivity contribution in [3.05, 3.63) is 23.8 Å². The van der Waals surface area contributed by atoms with E-state index in [9.17, 15) is 13.0 Å². The van der Waals surface area contributed by atoms with Crippen LogP contribution in [-0.4, -0.2) is 13.0 Å². The van der Waals surface area contributed by atoms with Gasteiger partial charge in [-0.25, -0.2) is 8.42 Å². The molecule has 0 heterocycles. The Morgan fingerprint density at radius 3 is 2.31 bits per heavy atom. The molecule has 0 unspecified atom stereocenters. The first kappa shape index (κ1) is 13.6. The summed E-state index contributed by atoms with van der Waals surface area (Å²) in [6, 6.07) is 4.21. The van der Waals surface area contributed by atoms with Gasteiger partial charge in [0.2, 0.25) is 0 Å². The number of aryl methyl sites for hydroxylation is 1. The minimum atomic E-state index is -4.39. The number of benzene rings is 1. The molecule has 1 rings (SSSR count). The van der Waals surface area contributed by atoms with Gasteiger partial charge in [-0.15, -0.1) is 0 Å². The summed E-state index contributed by atoms with van der Waals surface area (Å²) < 4.78 is 31.8. The molecule has 0 fully saturated rings. The fraction of sp³-hybridized carbons (Fsp3) is 0.143. The molecule has 1 aromatic rings. The normalized spacial score (nSPS) is 10.6. The van der Waals surface area contributed by atoms with E-state index in [1.165, 1.54) is 6.07 Å². The second kappa shape index (κ2) is 4.88. The molecule has 2 N–H and O–H groups in total. The van der Waals surface area contributed by atoms with Crippen molar-refractivity contribution in [1.82, 2.24) is 0 Å². The molecule has 6 heteroatoms. The average molecular weight is 225 g/mol. The molecular weight excluding hydrogens is 217 g/mol. The maximum atomic E-state index is 10.6. The molecule has 0 radical (unpaired) electrons. The predicted octanol–water partition coefficient (Wildman–Crippen LogP) is -2.51. The Kier molecular flexibility index (Phi) is 5.09. The first-order valence-electron chi connectivity index (χ1n) is 3.23. The van der Waals surface area contributed by atoms with Crippen molar-refractivity contribution < 1.29 is 64.4 Å². The molecule has 66 valence electrons. The Balaban J connectivity index is 0.00000144. The Morgan fingerprint density at radius 2 is 1.92 bits per heavy atom. The van der Waals surface area contributed by atoms with E-state index in [1.54, 1.807) is 13.0 Å². The van der Waals surface area contributed by atoms with Gasteiger partial charge in [0.05, 0.1) is 4.90 Å². The SMILES string of the molecule is Cc1ccc(N)cc1S(=O)(=O)[O-].[K+]. The topological polar surface area (TPSA) is 83.2 Å². The van der Waals surface area contributed by atoms with Crippen LogP contribution in [-0.2, 0) is 10.1 Å². The third kappa shape index (κ3) is 3.66. The second-order valence-electron chi connectivity index (χ2n) is 2.48. The van der Waals surface area contributed by atoms with Crippen LogP contribution in [0, 0.1) is 6.92 Å². The minimum absolute atomic E-state index is 0. The van der Waals surface area contributed by atoms with Crippen LogP contribution >= 0.6 is 0 Å². The third-order valence-corrected chi connectivity index (χ3v) is 2.46. The van der Waals surface area contributed by atoms with Crippen molar-refractivity contribution in [2.75, 3.05) is 5.73 Å². The number of nitrogen functional groups attached to an aromatic ring is 1. The summed E-state index contributed by atoms with van der Waals surface area (Å²) in [6.45, 7) is 1.55. The number of rotatable bonds is 1. The third-order valence-electron chi connectivity index (χ3n) is 1.48. The van der Waals surface area contributed by atoms with Crippen molar-refractivity contribution in [1.29, 1.82) is 0 Å². The maximum absolute atomic E-state index is 10.6. The van der Waals surface area contributed by atoms with Crippen LogP contribution in [0.5, 0.6) is 0 Å². The van der Waals surface area contributed by atoms with Gasteiger partial charge in [0.1, 0.15) is 10.1 Å². The molecule has 0 spiro atoms. The molecule has 0 atom stereocenters. The summed E-state index contributed by atoms with van der Waals surface area (Å²) in [6.07, 6.45) is 0. The second-order valence-corrected chi connectivity index (χ2v) is 3.83. The monoisotopic (exact) mass is 225 g/mol. The van der Waals surface area contributed by atoms with E-state index in [0.29, 0.717) is 5.56 Å². The van der Waals surface area contributed by atoms with E-state index < -0.39 is 10.1 Å². The Labute approximate surface area is 120 Å². The molecule has 0 saturated carbocycles. The number of anilines is 1. The maximum Gasteiger partial charge on any atom is 1.00 e. The molecule has 0 saturated heterocycles. The van der Waals surface area contributed by atoms with Crippen LogP contribution in [0.3, 0.4) is 0 Å². The standard InChI is InChI=1S/C7H9NO3S.K/c1-5-2-3-6(8)4-7(5)12(9,10)11;/h2-4H,8H2,1H3,(H,9,10,11);/q;+1/p-1. The quantitative estimate of drug-likeness (QED) is 0.325. The molecule has 1 aromatic carbocycles. The molecular formula is C7H8KNO3S. The zero-order valence-corrected chi connectivity index (χ0v) is 11.4. The number of hydrogen-bond donors (Lipinski definition) is 1. The van der Waals surface area contributed by atoms with Crippen LogP contribution < -0.4 is 57.1 Å². The van der Waals surface area contributed by atoms with Gasteiger partial charge in [0.15, 0.2) is 0 Å². The molecule has 0 aliphatic heterocycles. The van der Waals surface area contributed by atoms with Gasteiger partial charge in [-0.2, -0.15) is 0 Å². The van der Waals surface area contributed by atoms with Gasteiger partial charge in [0, 0.05) is 5.69 Å². The van der Waals surface area contributed by atoms with Crippen LogP contribution in [0.4, 0.5) is 5.69 Å². The Morgan fingerprint density at radius 1 is 1.38 bits per heavy atom. The molecule has 4 nitrogen and oxygen atoms in total. The van der Waals surface area contributed by atoms with Crippen LogP contribution in [0.15, 0.2) is 23.1 Å². The largest absolute Gasteiger partial charge is 1.00 e. The number of nitrogens with two attached hydrogens (primary N) is 1. The summed E-state index contributed by atoms with van der Waals surface area (Å²) >= 11 is 0. The van der Waals surface area contributed by atoms with Gasteiger partial charge in [-0.3, -0.25) is 0 Å². The summed E-state index contributed by atoms with van der Waals surface area (Å²) in [5.41, 5.74) is 6.01. The van der Waals surface area contributed by atoms with Crippen molar-refractivity contribution in [2.24, 2.45) is 0 Å². The predicted molar refractivity (Wildman–Crippen MR) is 43.6 cm³/mol. The van der Waals surface area contributed by atoms with Crippen molar-refractivity contribution in [2.45, 2.75) is 11.8 Å². The molecule has 0 aliphatic carbocycles. The molecule has 13 heavy (non-hydrogen) atoms. The molecule has 0 aromatic heterocycles. The van der Waals surface area contributed by atoms with E-state index in [4.69, 9.17) is 5.73 Å². The minimum Gasteiger partial charge on any atom is -0.744 e. The summed E-state index contributed by atoms with van der Waals surface area (Å²) in [5.74, 6) is 0. The van der Waals surface area contributed by atoms with E-state index >= 15 is 0 Å². The Hall–Kier alpha value is 0.566.